The molecule has 1 N–H and O–H groups in total. The molecule has 0 bridgehead atoms. The Morgan fingerprint density at radius 3 is 2.23 bits per heavy atom. The van der Waals surface area contributed by atoms with Crippen LogP contribution >= 0.6 is 0 Å². The van der Waals surface area contributed by atoms with Crippen LogP contribution in [0.5, 0.6) is 5.75 Å². The van der Waals surface area contributed by atoms with Gasteiger partial charge in [-0.3, -0.25) is 9.78 Å². The minimum Gasteiger partial charge on any atom is -0.489 e. The molecule has 0 saturated carbocycles. The summed E-state index contributed by atoms with van der Waals surface area (Å²) in [5.41, 5.74) is 3.40. The number of alkyl carbamates (subject to hydrolysis) is 1. The number of hydrogen-bond donors (Lipinski definition) is 1. The van der Waals surface area contributed by atoms with Gasteiger partial charge in [-0.2, -0.15) is 0 Å². The van der Waals surface area contributed by atoms with Crippen LogP contribution in [0.1, 0.15) is 82.3 Å². The summed E-state index contributed by atoms with van der Waals surface area (Å²) in [5.74, 6) is -0.224. The normalized spacial score (nSPS) is 12.4. The Labute approximate surface area is 276 Å². The molecular weight excluding hydrogens is 595 g/mol. The summed E-state index contributed by atoms with van der Waals surface area (Å²) in [6.45, 7) is 12.7. The molecule has 246 valence electrons. The molecule has 0 spiro atoms. The van der Waals surface area contributed by atoms with Crippen molar-refractivity contribution in [2.75, 3.05) is 0 Å². The predicted octanol–water partition coefficient (Wildman–Crippen LogP) is 9.11. The SMILES string of the molecule is CC(NC(=O)OC(C)(C)C)c1cccc(-c2cc(/C=C/c3ccncc3)cc(COc3ccccc3CC(=O)OC(C)(C)C)c2)c1F. The molecule has 1 aromatic heterocycles. The van der Waals surface area contributed by atoms with E-state index in [1.165, 1.54) is 0 Å². The van der Waals surface area contributed by atoms with Crippen molar-refractivity contribution in [2.45, 2.75) is 78.7 Å². The monoisotopic (exact) mass is 638 g/mol. The lowest BCUT2D eigenvalue weighted by Crippen LogP contribution is -2.34. The number of pyridine rings is 1. The number of nitrogens with one attached hydrogen (secondary N) is 1. The highest BCUT2D eigenvalue weighted by atomic mass is 19.1. The summed E-state index contributed by atoms with van der Waals surface area (Å²) in [7, 11) is 0. The van der Waals surface area contributed by atoms with Crippen LogP contribution < -0.4 is 10.1 Å². The highest BCUT2D eigenvalue weighted by molar-refractivity contribution is 5.76. The van der Waals surface area contributed by atoms with Gasteiger partial charge in [0.25, 0.3) is 0 Å². The first kappa shape index (κ1) is 34.9. The molecule has 47 heavy (non-hydrogen) atoms. The van der Waals surface area contributed by atoms with Crippen LogP contribution in [-0.4, -0.2) is 28.2 Å². The van der Waals surface area contributed by atoms with E-state index in [2.05, 4.69) is 10.3 Å². The zero-order valence-corrected chi connectivity index (χ0v) is 28.1. The van der Waals surface area contributed by atoms with Crippen LogP contribution in [0.3, 0.4) is 0 Å². The van der Waals surface area contributed by atoms with Crippen molar-refractivity contribution < 1.29 is 28.2 Å². The number of carbonyl (C=O) groups is 2. The molecule has 1 heterocycles. The van der Waals surface area contributed by atoms with Crippen LogP contribution in [0.2, 0.25) is 0 Å². The second-order valence-corrected chi connectivity index (χ2v) is 13.3. The molecule has 1 atom stereocenters. The number of nitrogens with zero attached hydrogens (tertiary/aromatic N) is 1. The van der Waals surface area contributed by atoms with Gasteiger partial charge >= 0.3 is 12.1 Å². The first-order chi connectivity index (χ1) is 22.2. The Bertz CT molecular complexity index is 1720. The smallest absolute Gasteiger partial charge is 0.408 e. The Hall–Kier alpha value is -4.98. The number of aromatic nitrogens is 1. The van der Waals surface area contributed by atoms with Crippen LogP contribution in [0, 0.1) is 5.82 Å². The van der Waals surface area contributed by atoms with E-state index in [-0.39, 0.29) is 19.0 Å². The van der Waals surface area contributed by atoms with Crippen LogP contribution in [0.25, 0.3) is 23.3 Å². The molecule has 4 aromatic rings. The van der Waals surface area contributed by atoms with E-state index in [0.29, 0.717) is 28.0 Å². The Balaban J connectivity index is 1.65. The highest BCUT2D eigenvalue weighted by Crippen LogP contribution is 2.31. The van der Waals surface area contributed by atoms with Crippen LogP contribution in [0.15, 0.2) is 85.2 Å². The van der Waals surface area contributed by atoms with E-state index in [1.807, 2.05) is 87.5 Å². The minimum atomic E-state index is -0.677. The number of esters is 1. The summed E-state index contributed by atoms with van der Waals surface area (Å²) in [4.78, 5) is 29.1. The molecule has 1 amide bonds. The topological polar surface area (TPSA) is 86.8 Å². The summed E-state index contributed by atoms with van der Waals surface area (Å²) >= 11 is 0. The summed E-state index contributed by atoms with van der Waals surface area (Å²) in [5, 5.41) is 2.73. The van der Waals surface area contributed by atoms with Crippen LogP contribution in [0.4, 0.5) is 9.18 Å². The number of halogens is 1. The van der Waals surface area contributed by atoms with Gasteiger partial charge in [0, 0.05) is 29.1 Å². The molecular formula is C39H43FN2O5. The van der Waals surface area contributed by atoms with Crippen molar-refractivity contribution in [3.05, 3.63) is 119 Å². The van der Waals surface area contributed by atoms with E-state index < -0.39 is 29.2 Å². The summed E-state index contributed by atoms with van der Waals surface area (Å²) in [6, 6.07) is 21.4. The van der Waals surface area contributed by atoms with Gasteiger partial charge in [-0.1, -0.05) is 48.6 Å². The third-order valence-electron chi connectivity index (χ3n) is 6.85. The largest absolute Gasteiger partial charge is 0.489 e. The first-order valence-corrected chi connectivity index (χ1v) is 15.6. The maximum Gasteiger partial charge on any atom is 0.408 e. The van der Waals surface area contributed by atoms with E-state index in [1.54, 1.807) is 58.3 Å². The van der Waals surface area contributed by atoms with Crippen molar-refractivity contribution in [2.24, 2.45) is 0 Å². The molecule has 7 nitrogen and oxygen atoms in total. The van der Waals surface area contributed by atoms with E-state index >= 15 is 4.39 Å². The van der Waals surface area contributed by atoms with Crippen molar-refractivity contribution >= 4 is 24.2 Å². The lowest BCUT2D eigenvalue weighted by Gasteiger charge is -2.22. The van der Waals surface area contributed by atoms with Crippen LogP contribution in [-0.2, 0) is 27.3 Å². The van der Waals surface area contributed by atoms with E-state index in [9.17, 15) is 9.59 Å². The third-order valence-corrected chi connectivity index (χ3v) is 6.85. The Morgan fingerprint density at radius 1 is 0.851 bits per heavy atom. The molecule has 0 aliphatic carbocycles. The van der Waals surface area contributed by atoms with Gasteiger partial charge in [-0.15, -0.1) is 0 Å². The predicted molar refractivity (Wildman–Crippen MR) is 183 cm³/mol. The second kappa shape index (κ2) is 15.1. The number of benzene rings is 3. The standard InChI is InChI=1S/C39H43FN2O5/c1-26(42-37(44)47-39(5,6)7)32-12-10-13-33(36(32)40)31-22-28(16-15-27-17-19-41-20-18-27)21-29(23-31)25-45-34-14-9-8-11-30(34)24-35(43)46-38(2,3)4/h8-23,26H,24-25H2,1-7H3,(H,42,44)/b16-15+. The van der Waals surface area contributed by atoms with Crippen molar-refractivity contribution in [3.8, 4) is 16.9 Å². The highest BCUT2D eigenvalue weighted by Gasteiger charge is 2.22. The number of amides is 1. The second-order valence-electron chi connectivity index (χ2n) is 13.3. The van der Waals surface area contributed by atoms with Crippen molar-refractivity contribution in [1.82, 2.24) is 10.3 Å². The van der Waals surface area contributed by atoms with E-state index in [0.717, 1.165) is 16.7 Å². The van der Waals surface area contributed by atoms with Crippen molar-refractivity contribution in [1.29, 1.82) is 0 Å². The average Bonchev–Trinajstić information content (AvgIpc) is 2.98. The van der Waals surface area contributed by atoms with Crippen molar-refractivity contribution in [3.63, 3.8) is 0 Å². The average molecular weight is 639 g/mol. The van der Waals surface area contributed by atoms with Gasteiger partial charge in [0.05, 0.1) is 12.5 Å². The minimum absolute atomic E-state index is 0.0704. The fraction of sp³-hybridized carbons (Fsp3) is 0.308. The zero-order valence-electron chi connectivity index (χ0n) is 28.1. The van der Waals surface area contributed by atoms with Gasteiger partial charge in [0.15, 0.2) is 0 Å². The molecule has 0 aliphatic rings. The molecule has 0 aliphatic heterocycles. The van der Waals surface area contributed by atoms with Gasteiger partial charge in [0.1, 0.15) is 29.4 Å². The molecule has 3 aromatic carbocycles. The molecule has 8 heteroatoms. The number of para-hydroxylation sites is 1. The molecule has 0 radical (unpaired) electrons. The number of carbonyl (C=O) groups excluding carboxylic acids is 2. The maximum atomic E-state index is 16.2. The maximum absolute atomic E-state index is 16.2. The Kier molecular flexibility index (Phi) is 11.2. The van der Waals surface area contributed by atoms with Gasteiger partial charge < -0.3 is 19.5 Å². The lowest BCUT2D eigenvalue weighted by molar-refractivity contribution is -0.153. The van der Waals surface area contributed by atoms with Gasteiger partial charge in [-0.25, -0.2) is 9.18 Å². The van der Waals surface area contributed by atoms with Gasteiger partial charge in [-0.05, 0) is 107 Å². The number of ether oxygens (including phenoxy) is 3. The fourth-order valence-corrected chi connectivity index (χ4v) is 4.87. The quantitative estimate of drug-likeness (QED) is 0.174. The third kappa shape index (κ3) is 10.8. The number of rotatable bonds is 10. The van der Waals surface area contributed by atoms with E-state index in [4.69, 9.17) is 14.2 Å². The summed E-state index contributed by atoms with van der Waals surface area (Å²) < 4.78 is 33.3. The number of hydrogen-bond acceptors (Lipinski definition) is 6. The molecule has 0 fully saturated rings. The fourth-order valence-electron chi connectivity index (χ4n) is 4.87. The Morgan fingerprint density at radius 2 is 1.53 bits per heavy atom. The zero-order chi connectivity index (χ0) is 34.2. The lowest BCUT2D eigenvalue weighted by atomic mass is 9.95. The molecule has 4 rings (SSSR count). The summed E-state index contributed by atoms with van der Waals surface area (Å²) in [6.07, 6.45) is 6.80. The molecule has 1 unspecified atom stereocenters. The van der Waals surface area contributed by atoms with Gasteiger partial charge in [0.2, 0.25) is 0 Å². The first-order valence-electron chi connectivity index (χ1n) is 15.6. The molecule has 0 saturated heterocycles.